The van der Waals surface area contributed by atoms with Gasteiger partial charge >= 0.3 is 5.97 Å². The number of carbonyl (C=O) groups excluding carboxylic acids is 1. The maximum Gasteiger partial charge on any atom is 0.320 e. The molecule has 0 N–H and O–H groups in total. The summed E-state index contributed by atoms with van der Waals surface area (Å²) in [4.78, 5) is 13.4. The molecule has 3 nitrogen and oxygen atoms in total. The zero-order valence-corrected chi connectivity index (χ0v) is 8.75. The first-order valence-electron chi connectivity index (χ1n) is 5.06. The summed E-state index contributed by atoms with van der Waals surface area (Å²) in [6.07, 6.45) is 2.47. The van der Waals surface area contributed by atoms with E-state index in [2.05, 4.69) is 18.7 Å². The van der Waals surface area contributed by atoms with Gasteiger partial charge in [-0.1, -0.05) is 0 Å². The van der Waals surface area contributed by atoms with Gasteiger partial charge in [-0.25, -0.2) is 0 Å². The highest BCUT2D eigenvalue weighted by Crippen LogP contribution is 2.28. The molecule has 0 spiro atoms. The molecule has 0 aromatic carbocycles. The van der Waals surface area contributed by atoms with Gasteiger partial charge in [-0.15, -0.1) is 0 Å². The molecular weight excluding hydrogens is 166 g/mol. The minimum absolute atomic E-state index is 0.0944. The van der Waals surface area contributed by atoms with Crippen molar-refractivity contribution in [3.63, 3.8) is 0 Å². The van der Waals surface area contributed by atoms with Gasteiger partial charge in [0.25, 0.3) is 0 Å². The van der Waals surface area contributed by atoms with Crippen molar-refractivity contribution in [3.8, 4) is 0 Å². The van der Waals surface area contributed by atoms with Crippen LogP contribution in [0, 0.1) is 0 Å². The van der Waals surface area contributed by atoms with Crippen LogP contribution in [0.1, 0.15) is 33.6 Å². The summed E-state index contributed by atoms with van der Waals surface area (Å²) in [6.45, 7) is 7.02. The van der Waals surface area contributed by atoms with Crippen molar-refractivity contribution in [3.05, 3.63) is 0 Å². The van der Waals surface area contributed by atoms with E-state index in [0.29, 0.717) is 25.2 Å². The van der Waals surface area contributed by atoms with Crippen LogP contribution in [-0.2, 0) is 9.53 Å². The van der Waals surface area contributed by atoms with Gasteiger partial charge in [0, 0.05) is 12.1 Å². The molecule has 0 radical (unpaired) electrons. The van der Waals surface area contributed by atoms with Gasteiger partial charge in [0.15, 0.2) is 0 Å². The molecule has 0 bridgehead atoms. The lowest BCUT2D eigenvalue weighted by Gasteiger charge is -2.24. The van der Waals surface area contributed by atoms with Crippen LogP contribution in [0.15, 0.2) is 0 Å². The van der Waals surface area contributed by atoms with E-state index >= 15 is 0 Å². The van der Waals surface area contributed by atoms with Crippen LogP contribution >= 0.6 is 0 Å². The molecule has 1 aliphatic carbocycles. The van der Waals surface area contributed by atoms with Gasteiger partial charge in [0.2, 0.25) is 0 Å². The Bertz CT molecular complexity index is 174. The van der Waals surface area contributed by atoms with Crippen LogP contribution in [0.4, 0.5) is 0 Å². The maximum absolute atomic E-state index is 11.2. The molecule has 0 aromatic rings. The number of hydrogen-bond acceptors (Lipinski definition) is 3. The number of nitrogens with zero attached hydrogens (tertiary/aromatic N) is 1. The summed E-state index contributed by atoms with van der Waals surface area (Å²) in [5, 5.41) is 0. The van der Waals surface area contributed by atoms with Crippen molar-refractivity contribution in [2.24, 2.45) is 0 Å². The zero-order chi connectivity index (χ0) is 9.84. The Labute approximate surface area is 80.1 Å². The Morgan fingerprint density at radius 3 is 2.54 bits per heavy atom. The molecule has 0 aliphatic heterocycles. The Balaban J connectivity index is 2.33. The lowest BCUT2D eigenvalue weighted by atomic mass is 10.3. The number of rotatable bonds is 5. The summed E-state index contributed by atoms with van der Waals surface area (Å²) in [7, 11) is 0. The van der Waals surface area contributed by atoms with Crippen LogP contribution in [0.25, 0.3) is 0 Å². The second-order valence-corrected chi connectivity index (χ2v) is 3.80. The fraction of sp³-hybridized carbons (Fsp3) is 0.900. The van der Waals surface area contributed by atoms with Crippen LogP contribution in [0.5, 0.6) is 0 Å². The van der Waals surface area contributed by atoms with Crippen molar-refractivity contribution in [2.75, 3.05) is 13.2 Å². The fourth-order valence-corrected chi connectivity index (χ4v) is 1.50. The Morgan fingerprint density at radius 2 is 2.15 bits per heavy atom. The maximum atomic E-state index is 11.2. The quantitative estimate of drug-likeness (QED) is 0.607. The molecule has 0 unspecified atom stereocenters. The van der Waals surface area contributed by atoms with Gasteiger partial charge in [0.05, 0.1) is 13.2 Å². The van der Waals surface area contributed by atoms with Gasteiger partial charge in [0.1, 0.15) is 0 Å². The lowest BCUT2D eigenvalue weighted by molar-refractivity contribution is -0.145. The van der Waals surface area contributed by atoms with Crippen molar-refractivity contribution in [1.82, 2.24) is 4.90 Å². The van der Waals surface area contributed by atoms with E-state index in [9.17, 15) is 4.79 Å². The SMILES string of the molecule is CCOC(=O)CN(C(C)C)C1CC1. The van der Waals surface area contributed by atoms with Crippen molar-refractivity contribution in [1.29, 1.82) is 0 Å². The van der Waals surface area contributed by atoms with E-state index in [1.807, 2.05) is 6.92 Å². The van der Waals surface area contributed by atoms with Crippen molar-refractivity contribution in [2.45, 2.75) is 45.7 Å². The first kappa shape index (κ1) is 10.5. The average Bonchev–Trinajstić information content (AvgIpc) is 2.82. The molecule has 0 aromatic heterocycles. The first-order chi connectivity index (χ1) is 6.15. The minimum Gasteiger partial charge on any atom is -0.465 e. The molecule has 1 fully saturated rings. The normalized spacial score (nSPS) is 16.7. The topological polar surface area (TPSA) is 29.5 Å². The van der Waals surface area contributed by atoms with Crippen LogP contribution in [-0.4, -0.2) is 36.1 Å². The van der Waals surface area contributed by atoms with E-state index in [0.717, 1.165) is 0 Å². The fourth-order valence-electron chi connectivity index (χ4n) is 1.50. The largest absolute Gasteiger partial charge is 0.465 e. The number of hydrogen-bond donors (Lipinski definition) is 0. The van der Waals surface area contributed by atoms with Crippen molar-refractivity contribution < 1.29 is 9.53 Å². The molecule has 0 saturated heterocycles. The number of esters is 1. The molecule has 76 valence electrons. The van der Waals surface area contributed by atoms with E-state index in [4.69, 9.17) is 4.74 Å². The summed E-state index contributed by atoms with van der Waals surface area (Å²) in [5.74, 6) is -0.0944. The van der Waals surface area contributed by atoms with Gasteiger partial charge in [-0.05, 0) is 33.6 Å². The number of ether oxygens (including phenoxy) is 1. The van der Waals surface area contributed by atoms with Crippen molar-refractivity contribution >= 4 is 5.97 Å². The summed E-state index contributed by atoms with van der Waals surface area (Å²) < 4.78 is 4.92. The first-order valence-corrected chi connectivity index (χ1v) is 5.06. The molecule has 1 rings (SSSR count). The zero-order valence-electron chi connectivity index (χ0n) is 8.75. The molecular formula is C10H19NO2. The molecule has 3 heteroatoms. The van der Waals surface area contributed by atoms with E-state index < -0.39 is 0 Å². The second kappa shape index (κ2) is 4.61. The molecule has 1 aliphatic rings. The third-order valence-corrected chi connectivity index (χ3v) is 2.30. The molecule has 0 heterocycles. The van der Waals surface area contributed by atoms with Gasteiger partial charge in [-0.2, -0.15) is 0 Å². The van der Waals surface area contributed by atoms with Gasteiger partial charge < -0.3 is 4.74 Å². The molecule has 0 atom stereocenters. The monoisotopic (exact) mass is 185 g/mol. The highest BCUT2D eigenvalue weighted by molar-refractivity contribution is 5.71. The predicted octanol–water partition coefficient (Wildman–Crippen LogP) is 1.42. The Kier molecular flexibility index (Phi) is 3.72. The third kappa shape index (κ3) is 3.35. The standard InChI is InChI=1S/C10H19NO2/c1-4-13-10(12)7-11(8(2)3)9-5-6-9/h8-9H,4-7H2,1-3H3. The minimum atomic E-state index is -0.0944. The van der Waals surface area contributed by atoms with Crippen LogP contribution in [0.3, 0.4) is 0 Å². The van der Waals surface area contributed by atoms with E-state index in [1.165, 1.54) is 12.8 Å². The predicted molar refractivity (Wildman–Crippen MR) is 51.5 cm³/mol. The summed E-state index contributed by atoms with van der Waals surface area (Å²) in [5.41, 5.74) is 0. The molecule has 0 amide bonds. The van der Waals surface area contributed by atoms with Gasteiger partial charge in [-0.3, -0.25) is 9.69 Å². The Hall–Kier alpha value is -0.570. The summed E-state index contributed by atoms with van der Waals surface area (Å²) in [6, 6.07) is 1.07. The van der Waals surface area contributed by atoms with E-state index in [1.54, 1.807) is 0 Å². The summed E-state index contributed by atoms with van der Waals surface area (Å²) >= 11 is 0. The highest BCUT2D eigenvalue weighted by atomic mass is 16.5. The van der Waals surface area contributed by atoms with E-state index in [-0.39, 0.29) is 5.97 Å². The third-order valence-electron chi connectivity index (χ3n) is 2.30. The highest BCUT2D eigenvalue weighted by Gasteiger charge is 2.32. The second-order valence-electron chi connectivity index (χ2n) is 3.80. The Morgan fingerprint density at radius 1 is 1.54 bits per heavy atom. The van der Waals surface area contributed by atoms with Crippen LogP contribution < -0.4 is 0 Å². The molecule has 1 saturated carbocycles. The smallest absolute Gasteiger partial charge is 0.320 e. The van der Waals surface area contributed by atoms with Crippen LogP contribution in [0.2, 0.25) is 0 Å². The molecule has 13 heavy (non-hydrogen) atoms. The average molecular weight is 185 g/mol. The number of carbonyl (C=O) groups is 1. The lowest BCUT2D eigenvalue weighted by Crippen LogP contribution is -2.38.